The monoisotopic (exact) mass is 1460 g/mol. The van der Waals surface area contributed by atoms with Gasteiger partial charge in [-0.2, -0.15) is 0 Å². The van der Waals surface area contributed by atoms with Crippen molar-refractivity contribution < 1.29 is 0 Å². The molecule has 0 amide bonds. The maximum Gasteiger partial charge on any atom is -0.0386 e. The third-order valence-corrected chi connectivity index (χ3v) is 26.4. The first-order valence-electron chi connectivity index (χ1n) is 50.5. The van der Waals surface area contributed by atoms with E-state index in [1.54, 1.807) is 19.3 Å². The van der Waals surface area contributed by atoms with Crippen molar-refractivity contribution >= 4 is 0 Å². The van der Waals surface area contributed by atoms with Crippen LogP contribution in [0.1, 0.15) is 599 Å². The van der Waals surface area contributed by atoms with Crippen LogP contribution in [0.25, 0.3) is 0 Å². The van der Waals surface area contributed by atoms with Crippen molar-refractivity contribution in [1.29, 1.82) is 0 Å². The first-order chi connectivity index (χ1) is 50.5. The second-order valence-electron chi connectivity index (χ2n) is 39.3. The Bertz CT molecular complexity index is 1450. The lowest BCUT2D eigenvalue weighted by atomic mass is 9.74. The third kappa shape index (κ3) is 86.0. The molecule has 1 fully saturated rings. The topological polar surface area (TPSA) is 0 Å². The lowest BCUT2D eigenvalue weighted by molar-refractivity contribution is 0.203. The zero-order valence-corrected chi connectivity index (χ0v) is 76.7. The highest BCUT2D eigenvalue weighted by Crippen LogP contribution is 2.37. The smallest absolute Gasteiger partial charge is 0.0386 e. The van der Waals surface area contributed by atoms with E-state index in [2.05, 4.69) is 111 Å². The standard InChI is InChI=1S/2C35H72.C34H68/c1-32(2)26-22-24-30-34(5)28-20-18-16-14-12-10-8-7-9-11-13-15-17-19-21-29-35(6)31-25-23-27-33(3)4;1-7-32(3)26-22-24-30-34(5)28-20-18-16-14-12-10-9-11-13-15-17-19-21-29-35(6)31-25-23-27-33(4)8-2;1-5-6-27-33-29-22-23-30-34(33)28-19-17-15-13-11-9-7-8-10-12-14-16-18-25-32(4)26-21-20-24-31(2)3/h2*32-35H,7-31H2,1-6H3;31-34H,5-30H2,1-4H3. The van der Waals surface area contributed by atoms with E-state index in [9.17, 15) is 0 Å². The molecule has 1 rings (SSSR count). The SMILES string of the molecule is CC(C)CCCCC(C)CCCCCCCCCCCCCCCCCC(C)CCCCC(C)C.CCC(C)CCCCC(C)CCCCCCCCCCCCCCCC(C)CCCCC(C)CC.CCCCC1CCCCC1CCCCCCCCCCCCCCCC(C)CCCCC(C)C. The van der Waals surface area contributed by atoms with Crippen molar-refractivity contribution in [2.75, 3.05) is 0 Å². The van der Waals surface area contributed by atoms with E-state index in [-0.39, 0.29) is 0 Å². The molecular formula is C104H212. The molecule has 0 spiro atoms. The first-order valence-corrected chi connectivity index (χ1v) is 50.5. The molecule has 1 aliphatic carbocycles. The summed E-state index contributed by atoms with van der Waals surface area (Å²) < 4.78 is 0. The van der Waals surface area contributed by atoms with Crippen molar-refractivity contribution in [1.82, 2.24) is 0 Å². The molecule has 0 nitrogen and oxygen atoms in total. The van der Waals surface area contributed by atoms with Gasteiger partial charge in [0.05, 0.1) is 0 Å². The van der Waals surface area contributed by atoms with E-state index >= 15 is 0 Å². The van der Waals surface area contributed by atoms with E-state index in [0.29, 0.717) is 0 Å². The second kappa shape index (κ2) is 85.4. The molecule has 0 aromatic rings. The Balaban J connectivity index is 0. The average Bonchev–Trinajstić information content (AvgIpc) is 0.897. The lowest BCUT2D eigenvalue weighted by Gasteiger charge is -2.31. The van der Waals surface area contributed by atoms with Crippen molar-refractivity contribution in [3.8, 4) is 0 Å². The molecule has 0 heteroatoms. The van der Waals surface area contributed by atoms with E-state index in [1.807, 2.05) is 0 Å². The summed E-state index contributed by atoms with van der Waals surface area (Å²) in [6.07, 6.45) is 112. The highest BCUT2D eigenvalue weighted by molar-refractivity contribution is 4.76. The quantitative estimate of drug-likeness (QED) is 0.0533. The maximum absolute atomic E-state index is 2.49. The minimum Gasteiger partial charge on any atom is -0.0654 e. The lowest BCUT2D eigenvalue weighted by Crippen LogP contribution is -2.19. The van der Waals surface area contributed by atoms with Crippen LogP contribution >= 0.6 is 0 Å². The van der Waals surface area contributed by atoms with Gasteiger partial charge in [0.2, 0.25) is 0 Å². The largest absolute Gasteiger partial charge is 0.0654 e. The number of hydrogen-bond acceptors (Lipinski definition) is 0. The molecule has 9 unspecified atom stereocenters. The zero-order valence-electron chi connectivity index (χ0n) is 76.7. The van der Waals surface area contributed by atoms with Crippen molar-refractivity contribution in [3.63, 3.8) is 0 Å². The molecule has 0 aliphatic heterocycles. The Morgan fingerprint density at radius 3 is 0.481 bits per heavy atom. The first kappa shape index (κ1) is 106. The zero-order chi connectivity index (χ0) is 76.7. The number of rotatable bonds is 80. The summed E-state index contributed by atoms with van der Waals surface area (Å²) in [6.45, 7) is 38.4. The number of hydrogen-bond donors (Lipinski definition) is 0. The van der Waals surface area contributed by atoms with Crippen LogP contribution in [0.2, 0.25) is 0 Å². The Morgan fingerprint density at radius 1 is 0.163 bits per heavy atom. The van der Waals surface area contributed by atoms with Gasteiger partial charge in [-0.15, -0.1) is 0 Å². The second-order valence-corrected chi connectivity index (χ2v) is 39.3. The predicted molar refractivity (Wildman–Crippen MR) is 484 cm³/mol. The van der Waals surface area contributed by atoms with Gasteiger partial charge in [-0.25, -0.2) is 0 Å². The molecule has 0 aromatic carbocycles. The van der Waals surface area contributed by atoms with E-state index in [4.69, 9.17) is 0 Å². The van der Waals surface area contributed by atoms with Crippen molar-refractivity contribution in [3.05, 3.63) is 0 Å². The summed E-state index contributed by atoms with van der Waals surface area (Å²) >= 11 is 0. The van der Waals surface area contributed by atoms with Crippen LogP contribution in [0, 0.1) is 71.0 Å². The summed E-state index contributed by atoms with van der Waals surface area (Å²) in [5.41, 5.74) is 0. The van der Waals surface area contributed by atoms with Gasteiger partial charge in [0, 0.05) is 0 Å². The van der Waals surface area contributed by atoms with Crippen molar-refractivity contribution in [2.45, 2.75) is 599 Å². The molecule has 0 heterocycles. The molecule has 1 aliphatic rings. The summed E-state index contributed by atoms with van der Waals surface area (Å²) in [7, 11) is 0. The van der Waals surface area contributed by atoms with E-state index in [0.717, 1.165) is 71.0 Å². The van der Waals surface area contributed by atoms with Crippen LogP contribution in [0.5, 0.6) is 0 Å². The fraction of sp³-hybridized carbons (Fsp3) is 1.00. The molecule has 0 N–H and O–H groups in total. The average molecular weight is 1460 g/mol. The minimum absolute atomic E-state index is 0.887. The Labute approximate surface area is 665 Å². The van der Waals surface area contributed by atoms with E-state index < -0.39 is 0 Å². The minimum atomic E-state index is 0.887. The Morgan fingerprint density at radius 2 is 0.308 bits per heavy atom. The molecule has 0 radical (unpaired) electrons. The predicted octanol–water partition coefficient (Wildman–Crippen LogP) is 39.3. The van der Waals surface area contributed by atoms with Crippen LogP contribution in [-0.4, -0.2) is 0 Å². The van der Waals surface area contributed by atoms with Crippen LogP contribution in [0.4, 0.5) is 0 Å². The summed E-state index contributed by atoms with van der Waals surface area (Å²) in [5, 5.41) is 0. The van der Waals surface area contributed by atoms with Crippen LogP contribution in [-0.2, 0) is 0 Å². The van der Waals surface area contributed by atoms with Gasteiger partial charge in [0.15, 0.2) is 0 Å². The van der Waals surface area contributed by atoms with Crippen LogP contribution in [0.15, 0.2) is 0 Å². The summed E-state index contributed by atoms with van der Waals surface area (Å²) in [5.74, 6) is 11.5. The summed E-state index contributed by atoms with van der Waals surface area (Å²) in [6, 6.07) is 0. The van der Waals surface area contributed by atoms with Gasteiger partial charge in [-0.05, 0) is 71.0 Å². The van der Waals surface area contributed by atoms with Crippen LogP contribution in [0.3, 0.4) is 0 Å². The molecule has 628 valence electrons. The number of unbranched alkanes of at least 4 members (excludes halogenated alkanes) is 44. The van der Waals surface area contributed by atoms with Gasteiger partial charge in [0.25, 0.3) is 0 Å². The van der Waals surface area contributed by atoms with Crippen LogP contribution < -0.4 is 0 Å². The van der Waals surface area contributed by atoms with Gasteiger partial charge in [0.1, 0.15) is 0 Å². The highest BCUT2D eigenvalue weighted by atomic mass is 14.3. The summed E-state index contributed by atoms with van der Waals surface area (Å²) in [4.78, 5) is 0. The fourth-order valence-corrected chi connectivity index (χ4v) is 17.8. The fourth-order valence-electron chi connectivity index (χ4n) is 17.8. The van der Waals surface area contributed by atoms with E-state index in [1.165, 1.54) is 469 Å². The molecular weight excluding hydrogens is 1250 g/mol. The molecule has 0 aromatic heterocycles. The van der Waals surface area contributed by atoms with Gasteiger partial charge in [-0.1, -0.05) is 599 Å². The molecule has 104 heavy (non-hydrogen) atoms. The molecule has 0 bridgehead atoms. The maximum atomic E-state index is 2.49. The Hall–Kier alpha value is 0. The Kier molecular flexibility index (Phi) is 87.1. The van der Waals surface area contributed by atoms with Gasteiger partial charge in [-0.3, -0.25) is 0 Å². The van der Waals surface area contributed by atoms with Gasteiger partial charge < -0.3 is 0 Å². The normalized spacial score (nSPS) is 16.2. The molecule has 1 saturated carbocycles. The molecule has 9 atom stereocenters. The molecule has 0 saturated heterocycles. The third-order valence-electron chi connectivity index (χ3n) is 26.4. The van der Waals surface area contributed by atoms with Crippen molar-refractivity contribution in [2.24, 2.45) is 71.0 Å². The highest BCUT2D eigenvalue weighted by Gasteiger charge is 2.24. The van der Waals surface area contributed by atoms with Gasteiger partial charge >= 0.3 is 0 Å².